The molecule has 30 heavy (non-hydrogen) atoms. The summed E-state index contributed by atoms with van der Waals surface area (Å²) in [5, 5.41) is 5.94. The third-order valence-electron chi connectivity index (χ3n) is 5.04. The summed E-state index contributed by atoms with van der Waals surface area (Å²) in [6.45, 7) is 5.03. The van der Waals surface area contributed by atoms with Gasteiger partial charge in [-0.05, 0) is 49.1 Å². The summed E-state index contributed by atoms with van der Waals surface area (Å²) in [5.74, 6) is -0.367. The third kappa shape index (κ3) is 7.04. The maximum atomic E-state index is 12.3. The van der Waals surface area contributed by atoms with E-state index in [9.17, 15) is 9.59 Å². The second-order valence-corrected chi connectivity index (χ2v) is 7.34. The van der Waals surface area contributed by atoms with Gasteiger partial charge in [0.05, 0.1) is 6.61 Å². The predicted molar refractivity (Wildman–Crippen MR) is 119 cm³/mol. The minimum absolute atomic E-state index is 0.184. The summed E-state index contributed by atoms with van der Waals surface area (Å²) >= 11 is 0. The molecule has 158 valence electrons. The van der Waals surface area contributed by atoms with E-state index in [0.29, 0.717) is 12.3 Å². The van der Waals surface area contributed by atoms with Gasteiger partial charge in [0, 0.05) is 37.4 Å². The molecule has 1 heterocycles. The molecule has 0 atom stereocenters. The van der Waals surface area contributed by atoms with Crippen LogP contribution in [0.2, 0.25) is 0 Å². The van der Waals surface area contributed by atoms with Crippen LogP contribution in [0.3, 0.4) is 0 Å². The Labute approximate surface area is 177 Å². The molecule has 0 aliphatic carbocycles. The molecule has 1 fully saturated rings. The summed E-state index contributed by atoms with van der Waals surface area (Å²) in [4.78, 5) is 26.1. The lowest BCUT2D eigenvalue weighted by Crippen LogP contribution is -2.45. The molecular weight excluding hydrogens is 378 g/mol. The van der Waals surface area contributed by atoms with Crippen LogP contribution < -0.4 is 10.6 Å². The largest absolute Gasteiger partial charge is 0.463 e. The van der Waals surface area contributed by atoms with Crippen molar-refractivity contribution in [2.75, 3.05) is 25.0 Å². The summed E-state index contributed by atoms with van der Waals surface area (Å²) in [6.07, 6.45) is 4.96. The molecule has 1 saturated heterocycles. The number of nitrogens with zero attached hydrogens (tertiary/aromatic N) is 1. The van der Waals surface area contributed by atoms with Gasteiger partial charge in [0.25, 0.3) is 0 Å². The number of piperidine rings is 1. The maximum absolute atomic E-state index is 12.3. The summed E-state index contributed by atoms with van der Waals surface area (Å²) < 4.78 is 4.85. The molecule has 0 unspecified atom stereocenters. The number of likely N-dealkylation sites (tertiary alicyclic amines) is 1. The molecule has 0 spiro atoms. The van der Waals surface area contributed by atoms with Crippen LogP contribution in [0, 0.1) is 0 Å². The fraction of sp³-hybridized carbons (Fsp3) is 0.333. The Morgan fingerprint density at radius 1 is 1.07 bits per heavy atom. The zero-order chi connectivity index (χ0) is 21.2. The molecule has 0 bridgehead atoms. The first-order valence-corrected chi connectivity index (χ1v) is 10.4. The first-order valence-electron chi connectivity index (χ1n) is 10.4. The van der Waals surface area contributed by atoms with E-state index < -0.39 is 0 Å². The van der Waals surface area contributed by atoms with Crippen molar-refractivity contribution in [3.05, 3.63) is 71.8 Å². The molecule has 0 aromatic heterocycles. The number of hydrogen-bond donors (Lipinski definition) is 2. The summed E-state index contributed by atoms with van der Waals surface area (Å²) in [5.41, 5.74) is 2.89. The van der Waals surface area contributed by atoms with Crippen LogP contribution in [-0.2, 0) is 16.1 Å². The van der Waals surface area contributed by atoms with Crippen molar-refractivity contribution in [1.82, 2.24) is 10.2 Å². The van der Waals surface area contributed by atoms with Crippen molar-refractivity contribution >= 4 is 23.8 Å². The molecule has 0 saturated carbocycles. The van der Waals surface area contributed by atoms with Crippen LogP contribution in [-0.4, -0.2) is 42.6 Å². The third-order valence-corrected chi connectivity index (χ3v) is 5.04. The van der Waals surface area contributed by atoms with Crippen LogP contribution in [0.15, 0.2) is 60.7 Å². The molecule has 1 aliphatic heterocycles. The molecule has 6 heteroatoms. The Morgan fingerprint density at radius 2 is 1.77 bits per heavy atom. The number of esters is 1. The minimum Gasteiger partial charge on any atom is -0.463 e. The van der Waals surface area contributed by atoms with Gasteiger partial charge in [-0.1, -0.05) is 42.5 Å². The van der Waals surface area contributed by atoms with Crippen LogP contribution in [0.1, 0.15) is 30.9 Å². The van der Waals surface area contributed by atoms with Crippen LogP contribution in [0.25, 0.3) is 6.08 Å². The number of nitrogens with one attached hydrogen (secondary N) is 2. The Hall–Kier alpha value is -3.12. The normalized spacial score (nSPS) is 15.1. The summed E-state index contributed by atoms with van der Waals surface area (Å²) in [6, 6.07) is 17.8. The highest BCUT2D eigenvalue weighted by atomic mass is 16.5. The van der Waals surface area contributed by atoms with Gasteiger partial charge in [-0.25, -0.2) is 9.59 Å². The highest BCUT2D eigenvalue weighted by Gasteiger charge is 2.20. The predicted octanol–water partition coefficient (Wildman–Crippen LogP) is 4.05. The van der Waals surface area contributed by atoms with Gasteiger partial charge < -0.3 is 15.4 Å². The van der Waals surface area contributed by atoms with Gasteiger partial charge in [-0.15, -0.1) is 0 Å². The molecule has 1 aliphatic rings. The monoisotopic (exact) mass is 407 g/mol. The van der Waals surface area contributed by atoms with E-state index in [2.05, 4.69) is 39.8 Å². The van der Waals surface area contributed by atoms with Crippen molar-refractivity contribution in [2.45, 2.75) is 32.4 Å². The van der Waals surface area contributed by atoms with Crippen LogP contribution in [0.5, 0.6) is 0 Å². The van der Waals surface area contributed by atoms with E-state index in [1.165, 1.54) is 11.6 Å². The smallest absolute Gasteiger partial charge is 0.330 e. The van der Waals surface area contributed by atoms with Gasteiger partial charge in [0.15, 0.2) is 0 Å². The Kier molecular flexibility index (Phi) is 8.03. The average molecular weight is 408 g/mol. The number of amides is 2. The Bertz CT molecular complexity index is 842. The lowest BCUT2D eigenvalue weighted by atomic mass is 10.0. The van der Waals surface area contributed by atoms with E-state index in [0.717, 1.165) is 38.0 Å². The maximum Gasteiger partial charge on any atom is 0.330 e. The number of anilines is 1. The minimum atomic E-state index is -0.367. The molecule has 0 radical (unpaired) electrons. The second kappa shape index (κ2) is 11.2. The van der Waals surface area contributed by atoms with E-state index >= 15 is 0 Å². The molecule has 2 N–H and O–H groups in total. The zero-order valence-electron chi connectivity index (χ0n) is 17.3. The highest BCUT2D eigenvalue weighted by Crippen LogP contribution is 2.15. The Balaban J connectivity index is 1.40. The van der Waals surface area contributed by atoms with Crippen molar-refractivity contribution < 1.29 is 14.3 Å². The summed E-state index contributed by atoms with van der Waals surface area (Å²) in [7, 11) is 0. The first-order chi connectivity index (χ1) is 14.6. The Morgan fingerprint density at radius 3 is 2.43 bits per heavy atom. The molecule has 2 amide bonds. The fourth-order valence-corrected chi connectivity index (χ4v) is 3.46. The topological polar surface area (TPSA) is 70.7 Å². The molecule has 3 rings (SSSR count). The van der Waals surface area contributed by atoms with E-state index in [1.807, 2.05) is 30.3 Å². The number of hydrogen-bond acceptors (Lipinski definition) is 4. The quantitative estimate of drug-likeness (QED) is 0.537. The highest BCUT2D eigenvalue weighted by molar-refractivity contribution is 5.90. The van der Waals surface area contributed by atoms with Gasteiger partial charge in [-0.2, -0.15) is 0 Å². The number of ether oxygens (including phenoxy) is 1. The number of carbonyl (C=O) groups excluding carboxylic acids is 2. The van der Waals surface area contributed by atoms with Gasteiger partial charge in [-0.3, -0.25) is 4.90 Å². The molecule has 2 aromatic rings. The SMILES string of the molecule is CCOC(=O)/C=C/c1ccc(NC(=O)NC2CCN(Cc3ccccc3)CC2)cc1. The first kappa shape index (κ1) is 21.6. The van der Waals surface area contributed by atoms with Gasteiger partial charge in [0.1, 0.15) is 0 Å². The van der Waals surface area contributed by atoms with E-state index in [1.54, 1.807) is 13.0 Å². The van der Waals surface area contributed by atoms with Gasteiger partial charge in [0.2, 0.25) is 0 Å². The second-order valence-electron chi connectivity index (χ2n) is 7.34. The standard InChI is InChI=1S/C24H29N3O3/c1-2-30-23(28)13-10-19-8-11-21(12-9-19)25-24(29)26-22-14-16-27(17-15-22)18-20-6-4-3-5-7-20/h3-13,22H,2,14-18H2,1H3,(H2,25,26,29)/b13-10+. The van der Waals surface area contributed by atoms with E-state index in [4.69, 9.17) is 4.74 Å². The lowest BCUT2D eigenvalue weighted by Gasteiger charge is -2.32. The van der Waals surface area contributed by atoms with Crippen molar-refractivity contribution in [2.24, 2.45) is 0 Å². The lowest BCUT2D eigenvalue weighted by molar-refractivity contribution is -0.137. The fourth-order valence-electron chi connectivity index (χ4n) is 3.46. The molecule has 6 nitrogen and oxygen atoms in total. The molecular formula is C24H29N3O3. The van der Waals surface area contributed by atoms with Gasteiger partial charge >= 0.3 is 12.0 Å². The van der Waals surface area contributed by atoms with E-state index in [-0.39, 0.29) is 18.0 Å². The number of benzene rings is 2. The number of rotatable bonds is 7. The van der Waals surface area contributed by atoms with Crippen LogP contribution >= 0.6 is 0 Å². The average Bonchev–Trinajstić information content (AvgIpc) is 2.75. The van der Waals surface area contributed by atoms with Crippen molar-refractivity contribution in [1.29, 1.82) is 0 Å². The number of urea groups is 1. The molecule has 2 aromatic carbocycles. The van der Waals surface area contributed by atoms with Crippen molar-refractivity contribution in [3.63, 3.8) is 0 Å². The van der Waals surface area contributed by atoms with Crippen LogP contribution in [0.4, 0.5) is 10.5 Å². The van der Waals surface area contributed by atoms with Crippen molar-refractivity contribution in [3.8, 4) is 0 Å². The zero-order valence-corrected chi connectivity index (χ0v) is 17.3. The number of carbonyl (C=O) groups is 2.